The molecule has 134 valence electrons. The van der Waals surface area contributed by atoms with Gasteiger partial charge in [0.15, 0.2) is 17.6 Å². The molecule has 6 nitrogen and oxygen atoms in total. The first-order chi connectivity index (χ1) is 12.2. The van der Waals surface area contributed by atoms with Gasteiger partial charge in [0.05, 0.1) is 11.6 Å². The number of aliphatic imine (C=N–C) groups is 1. The Kier molecular flexibility index (Phi) is 5.80. The predicted octanol–water partition coefficient (Wildman–Crippen LogP) is 2.32. The van der Waals surface area contributed by atoms with Crippen molar-refractivity contribution >= 4 is 23.1 Å². The number of thiazole rings is 1. The normalized spacial score (nSPS) is 17.8. The van der Waals surface area contributed by atoms with E-state index in [1.807, 2.05) is 24.9 Å². The van der Waals surface area contributed by atoms with Gasteiger partial charge in [-0.15, -0.1) is 11.3 Å². The summed E-state index contributed by atoms with van der Waals surface area (Å²) in [5, 5.41) is 7.76. The van der Waals surface area contributed by atoms with Gasteiger partial charge in [-0.05, 0) is 32.4 Å². The van der Waals surface area contributed by atoms with Gasteiger partial charge in [-0.3, -0.25) is 0 Å². The van der Waals surface area contributed by atoms with Crippen LogP contribution in [-0.2, 0) is 6.54 Å². The third kappa shape index (κ3) is 4.66. The summed E-state index contributed by atoms with van der Waals surface area (Å²) in [4.78, 5) is 16.2. The highest BCUT2D eigenvalue weighted by atomic mass is 32.1. The van der Waals surface area contributed by atoms with Gasteiger partial charge in [0.25, 0.3) is 0 Å². The van der Waals surface area contributed by atoms with E-state index in [-0.39, 0.29) is 11.9 Å². The molecule has 0 radical (unpaired) electrons. The van der Waals surface area contributed by atoms with E-state index in [1.165, 1.54) is 6.07 Å². The molecule has 2 aromatic heterocycles. The Labute approximate surface area is 151 Å². The molecular weight excluding hydrogens is 339 g/mol. The maximum atomic E-state index is 13.9. The molecule has 3 heterocycles. The van der Waals surface area contributed by atoms with Crippen molar-refractivity contribution in [1.82, 2.24) is 20.6 Å². The maximum absolute atomic E-state index is 13.9. The zero-order valence-corrected chi connectivity index (χ0v) is 15.3. The van der Waals surface area contributed by atoms with Crippen LogP contribution in [0.1, 0.15) is 23.2 Å². The van der Waals surface area contributed by atoms with Crippen LogP contribution in [-0.4, -0.2) is 41.6 Å². The van der Waals surface area contributed by atoms with Gasteiger partial charge >= 0.3 is 0 Å². The predicted molar refractivity (Wildman–Crippen MR) is 99.6 cm³/mol. The van der Waals surface area contributed by atoms with E-state index >= 15 is 0 Å². The lowest BCUT2D eigenvalue weighted by Gasteiger charge is -2.19. The summed E-state index contributed by atoms with van der Waals surface area (Å²) in [5.41, 5.74) is 0. The molecule has 0 aromatic carbocycles. The molecule has 2 N–H and O–H groups in total. The van der Waals surface area contributed by atoms with Crippen molar-refractivity contribution < 1.29 is 4.39 Å². The van der Waals surface area contributed by atoms with Gasteiger partial charge in [-0.2, -0.15) is 0 Å². The molecule has 0 spiro atoms. The van der Waals surface area contributed by atoms with Crippen LogP contribution in [0.15, 0.2) is 29.5 Å². The van der Waals surface area contributed by atoms with E-state index in [4.69, 9.17) is 0 Å². The van der Waals surface area contributed by atoms with Gasteiger partial charge in [0.1, 0.15) is 0 Å². The average Bonchev–Trinajstić information content (AvgIpc) is 3.22. The summed E-state index contributed by atoms with van der Waals surface area (Å²) in [7, 11) is 0. The molecule has 0 amide bonds. The molecule has 0 bridgehead atoms. The lowest BCUT2D eigenvalue weighted by Crippen LogP contribution is -2.44. The van der Waals surface area contributed by atoms with E-state index in [2.05, 4.69) is 25.6 Å². The fraction of sp³-hybridized carbons (Fsp3) is 0.471. The van der Waals surface area contributed by atoms with E-state index in [1.54, 1.807) is 23.6 Å². The van der Waals surface area contributed by atoms with Crippen LogP contribution in [0, 0.1) is 12.7 Å². The molecule has 0 aliphatic carbocycles. The van der Waals surface area contributed by atoms with Crippen LogP contribution in [0.4, 0.5) is 10.2 Å². The van der Waals surface area contributed by atoms with Crippen LogP contribution < -0.4 is 15.5 Å². The quantitative estimate of drug-likeness (QED) is 0.631. The topological polar surface area (TPSA) is 65.4 Å². The third-order valence-corrected chi connectivity index (χ3v) is 4.87. The van der Waals surface area contributed by atoms with E-state index in [0.29, 0.717) is 18.9 Å². The molecule has 3 rings (SSSR count). The zero-order valence-electron chi connectivity index (χ0n) is 14.5. The zero-order chi connectivity index (χ0) is 17.6. The smallest absolute Gasteiger partial charge is 0.191 e. The van der Waals surface area contributed by atoms with Gasteiger partial charge in [0, 0.05) is 42.9 Å². The van der Waals surface area contributed by atoms with Crippen LogP contribution in [0.25, 0.3) is 0 Å². The SMILES string of the molecule is CCNC(=NCc1cnc(C)s1)NC1CCN(c2ncccc2F)C1. The van der Waals surface area contributed by atoms with Crippen molar-refractivity contribution in [2.24, 2.45) is 4.99 Å². The molecule has 2 aromatic rings. The number of hydrogen-bond acceptors (Lipinski definition) is 5. The van der Waals surface area contributed by atoms with Gasteiger partial charge in [-0.1, -0.05) is 0 Å². The highest BCUT2D eigenvalue weighted by Crippen LogP contribution is 2.20. The van der Waals surface area contributed by atoms with Crippen LogP contribution in [0.2, 0.25) is 0 Å². The molecule has 1 fully saturated rings. The molecule has 1 saturated heterocycles. The van der Waals surface area contributed by atoms with Crippen LogP contribution in [0.3, 0.4) is 0 Å². The minimum absolute atomic E-state index is 0.211. The Morgan fingerprint density at radius 3 is 3.08 bits per heavy atom. The lowest BCUT2D eigenvalue weighted by molar-refractivity contribution is 0.612. The number of aryl methyl sites for hydroxylation is 1. The Balaban J connectivity index is 1.60. The number of aromatic nitrogens is 2. The van der Waals surface area contributed by atoms with Gasteiger partial charge < -0.3 is 15.5 Å². The van der Waals surface area contributed by atoms with E-state index < -0.39 is 0 Å². The van der Waals surface area contributed by atoms with Crippen molar-refractivity contribution in [3.63, 3.8) is 0 Å². The molecule has 8 heteroatoms. The van der Waals surface area contributed by atoms with Crippen LogP contribution in [0.5, 0.6) is 0 Å². The number of nitrogens with zero attached hydrogens (tertiary/aromatic N) is 4. The monoisotopic (exact) mass is 362 g/mol. The second-order valence-electron chi connectivity index (χ2n) is 5.93. The number of halogens is 1. The number of hydrogen-bond donors (Lipinski definition) is 2. The first kappa shape index (κ1) is 17.6. The molecule has 1 aliphatic heterocycles. The van der Waals surface area contributed by atoms with E-state index in [9.17, 15) is 4.39 Å². The van der Waals surface area contributed by atoms with Crippen LogP contribution >= 0.6 is 11.3 Å². The highest BCUT2D eigenvalue weighted by molar-refractivity contribution is 7.11. The molecule has 1 aliphatic rings. The van der Waals surface area contributed by atoms with E-state index in [0.717, 1.165) is 35.4 Å². The summed E-state index contributed by atoms with van der Waals surface area (Å²) in [6, 6.07) is 3.27. The van der Waals surface area contributed by atoms with Crippen molar-refractivity contribution in [2.45, 2.75) is 32.9 Å². The minimum Gasteiger partial charge on any atom is -0.357 e. The molecule has 1 unspecified atom stereocenters. The van der Waals surface area contributed by atoms with Crippen molar-refractivity contribution in [2.75, 3.05) is 24.5 Å². The summed E-state index contributed by atoms with van der Waals surface area (Å²) in [5.74, 6) is 0.931. The second-order valence-corrected chi connectivity index (χ2v) is 7.24. The summed E-state index contributed by atoms with van der Waals surface area (Å²) < 4.78 is 13.9. The number of pyridine rings is 1. The number of guanidine groups is 1. The summed E-state index contributed by atoms with van der Waals surface area (Å²) in [6.07, 6.45) is 4.41. The fourth-order valence-corrected chi connectivity index (χ4v) is 3.55. The lowest BCUT2D eigenvalue weighted by atomic mass is 10.3. The molecular formula is C17H23FN6S. The average molecular weight is 362 g/mol. The van der Waals surface area contributed by atoms with Crippen molar-refractivity contribution in [3.05, 3.63) is 40.2 Å². The standard InChI is InChI=1S/C17H23FN6S/c1-3-19-17(22-10-14-9-21-12(2)25-14)23-13-6-8-24(11-13)16-15(18)5-4-7-20-16/h4-5,7,9,13H,3,6,8,10-11H2,1-2H3,(H2,19,22,23). The Bertz CT molecular complexity index is 731. The molecule has 0 saturated carbocycles. The van der Waals surface area contributed by atoms with Gasteiger partial charge in [-0.25, -0.2) is 19.4 Å². The first-order valence-electron chi connectivity index (χ1n) is 8.47. The number of nitrogens with one attached hydrogen (secondary N) is 2. The molecule has 25 heavy (non-hydrogen) atoms. The number of anilines is 1. The van der Waals surface area contributed by atoms with Crippen molar-refractivity contribution in [1.29, 1.82) is 0 Å². The van der Waals surface area contributed by atoms with Crippen molar-refractivity contribution in [3.8, 4) is 0 Å². The Morgan fingerprint density at radius 2 is 2.36 bits per heavy atom. The Hall–Kier alpha value is -2.22. The first-order valence-corrected chi connectivity index (χ1v) is 9.29. The second kappa shape index (κ2) is 8.24. The fourth-order valence-electron chi connectivity index (χ4n) is 2.83. The third-order valence-electron chi connectivity index (χ3n) is 3.97. The summed E-state index contributed by atoms with van der Waals surface area (Å²) >= 11 is 1.66. The summed E-state index contributed by atoms with van der Waals surface area (Å²) in [6.45, 7) is 6.91. The van der Waals surface area contributed by atoms with Gasteiger partial charge in [0.2, 0.25) is 0 Å². The molecule has 1 atom stereocenters. The largest absolute Gasteiger partial charge is 0.357 e. The number of rotatable bonds is 5. The maximum Gasteiger partial charge on any atom is 0.191 e. The minimum atomic E-state index is -0.274. The Morgan fingerprint density at radius 1 is 1.48 bits per heavy atom. The highest BCUT2D eigenvalue weighted by Gasteiger charge is 2.25.